The van der Waals surface area contributed by atoms with E-state index in [4.69, 9.17) is 19.0 Å². The Labute approximate surface area is 114 Å². The maximum atomic E-state index is 9.75. The highest BCUT2D eigenvalue weighted by molar-refractivity contribution is 5.01. The van der Waals surface area contributed by atoms with Crippen LogP contribution in [0.3, 0.4) is 0 Å². The number of ether oxygens (including phenoxy) is 2. The van der Waals surface area contributed by atoms with Crippen molar-refractivity contribution in [2.75, 3.05) is 13.2 Å². The van der Waals surface area contributed by atoms with E-state index in [0.717, 1.165) is 0 Å². The number of aliphatic hydroxyl groups is 5. The monoisotopic (exact) mass is 290 g/mol. The van der Waals surface area contributed by atoms with E-state index in [1.165, 1.54) is 6.26 Å². The SMILES string of the molecule is OC[C@H]1OC(OCC(O)c2ccco2)[C@H](O)[C@@H](O)[C@@H]1O. The number of aliphatic hydroxyl groups excluding tert-OH is 5. The van der Waals surface area contributed by atoms with Gasteiger partial charge in [0.25, 0.3) is 0 Å². The minimum atomic E-state index is -1.51. The first-order valence-corrected chi connectivity index (χ1v) is 6.18. The summed E-state index contributed by atoms with van der Waals surface area (Å²) >= 11 is 0. The molecule has 1 aromatic rings. The van der Waals surface area contributed by atoms with Crippen molar-refractivity contribution in [3.8, 4) is 0 Å². The number of rotatable bonds is 5. The van der Waals surface area contributed by atoms with Crippen molar-refractivity contribution < 1.29 is 39.4 Å². The van der Waals surface area contributed by atoms with Crippen LogP contribution < -0.4 is 0 Å². The fourth-order valence-corrected chi connectivity index (χ4v) is 1.95. The minimum absolute atomic E-state index is 0.240. The second kappa shape index (κ2) is 6.64. The highest BCUT2D eigenvalue weighted by Crippen LogP contribution is 2.23. The van der Waals surface area contributed by atoms with Crippen molar-refractivity contribution in [3.63, 3.8) is 0 Å². The van der Waals surface area contributed by atoms with E-state index in [2.05, 4.69) is 0 Å². The van der Waals surface area contributed by atoms with Crippen molar-refractivity contribution in [2.45, 2.75) is 36.8 Å². The van der Waals surface area contributed by atoms with Crippen molar-refractivity contribution in [1.82, 2.24) is 0 Å². The molecule has 0 aliphatic carbocycles. The summed E-state index contributed by atoms with van der Waals surface area (Å²) in [5.41, 5.74) is 0. The lowest BCUT2D eigenvalue weighted by molar-refractivity contribution is -0.305. The normalized spacial score (nSPS) is 36.0. The van der Waals surface area contributed by atoms with Gasteiger partial charge in [-0.15, -0.1) is 0 Å². The second-order valence-corrected chi connectivity index (χ2v) is 4.56. The third-order valence-corrected chi connectivity index (χ3v) is 3.14. The third kappa shape index (κ3) is 3.18. The summed E-state index contributed by atoms with van der Waals surface area (Å²) < 4.78 is 15.3. The molecule has 114 valence electrons. The molecular formula is C12H18O8. The van der Waals surface area contributed by atoms with Gasteiger partial charge >= 0.3 is 0 Å². The Morgan fingerprint density at radius 2 is 1.95 bits per heavy atom. The van der Waals surface area contributed by atoms with E-state index < -0.39 is 43.4 Å². The summed E-state index contributed by atoms with van der Waals surface area (Å²) in [6.45, 7) is -0.776. The fourth-order valence-electron chi connectivity index (χ4n) is 1.95. The molecule has 0 spiro atoms. The van der Waals surface area contributed by atoms with Gasteiger partial charge in [-0.05, 0) is 12.1 Å². The zero-order valence-electron chi connectivity index (χ0n) is 10.6. The summed E-state index contributed by atoms with van der Waals surface area (Å²) in [6.07, 6.45) is -6.41. The molecule has 20 heavy (non-hydrogen) atoms. The first kappa shape index (κ1) is 15.4. The summed E-state index contributed by atoms with van der Waals surface area (Å²) in [5.74, 6) is 0.287. The van der Waals surface area contributed by atoms with E-state index in [0.29, 0.717) is 0 Å². The number of hydrogen-bond acceptors (Lipinski definition) is 8. The predicted molar refractivity (Wildman–Crippen MR) is 63.4 cm³/mol. The average molecular weight is 290 g/mol. The molecule has 0 amide bonds. The van der Waals surface area contributed by atoms with Crippen LogP contribution in [-0.2, 0) is 9.47 Å². The van der Waals surface area contributed by atoms with Crippen molar-refractivity contribution in [1.29, 1.82) is 0 Å². The summed E-state index contributed by atoms with van der Waals surface area (Å²) in [6, 6.07) is 3.16. The van der Waals surface area contributed by atoms with Crippen LogP contribution in [0.25, 0.3) is 0 Å². The topological polar surface area (TPSA) is 133 Å². The highest BCUT2D eigenvalue weighted by Gasteiger charge is 2.44. The lowest BCUT2D eigenvalue weighted by Gasteiger charge is -2.39. The Balaban J connectivity index is 1.91. The van der Waals surface area contributed by atoms with Gasteiger partial charge in [0, 0.05) is 0 Å². The molecule has 1 aliphatic heterocycles. The van der Waals surface area contributed by atoms with Gasteiger partial charge in [-0.3, -0.25) is 0 Å². The van der Waals surface area contributed by atoms with Gasteiger partial charge in [0.1, 0.15) is 36.3 Å². The molecule has 2 rings (SSSR count). The van der Waals surface area contributed by atoms with Crippen molar-refractivity contribution in [2.24, 2.45) is 0 Å². The van der Waals surface area contributed by atoms with Crippen LogP contribution in [0.15, 0.2) is 22.8 Å². The van der Waals surface area contributed by atoms with Crippen LogP contribution in [0.4, 0.5) is 0 Å². The molecular weight excluding hydrogens is 272 g/mol. The van der Waals surface area contributed by atoms with Crippen LogP contribution in [0, 0.1) is 0 Å². The zero-order chi connectivity index (χ0) is 14.7. The molecule has 2 heterocycles. The zero-order valence-corrected chi connectivity index (χ0v) is 10.6. The lowest BCUT2D eigenvalue weighted by atomic mass is 9.99. The van der Waals surface area contributed by atoms with Gasteiger partial charge < -0.3 is 39.4 Å². The van der Waals surface area contributed by atoms with E-state index >= 15 is 0 Å². The van der Waals surface area contributed by atoms with Gasteiger partial charge in [0.2, 0.25) is 0 Å². The molecule has 2 unspecified atom stereocenters. The molecule has 8 heteroatoms. The summed E-state index contributed by atoms with van der Waals surface area (Å²) in [7, 11) is 0. The molecule has 0 aromatic carbocycles. The molecule has 0 bridgehead atoms. The third-order valence-electron chi connectivity index (χ3n) is 3.14. The maximum Gasteiger partial charge on any atom is 0.186 e. The Kier molecular flexibility index (Phi) is 5.11. The molecule has 0 radical (unpaired) electrons. The van der Waals surface area contributed by atoms with Crippen LogP contribution in [-0.4, -0.2) is 69.5 Å². The molecule has 1 aliphatic rings. The summed E-state index contributed by atoms with van der Waals surface area (Å²) in [4.78, 5) is 0. The van der Waals surface area contributed by atoms with Crippen molar-refractivity contribution >= 4 is 0 Å². The Morgan fingerprint density at radius 3 is 2.55 bits per heavy atom. The predicted octanol–water partition coefficient (Wildman–Crippen LogP) is -1.87. The quantitative estimate of drug-likeness (QED) is 0.426. The number of hydrogen-bond donors (Lipinski definition) is 5. The van der Waals surface area contributed by atoms with E-state index in [9.17, 15) is 20.4 Å². The van der Waals surface area contributed by atoms with E-state index in [1.807, 2.05) is 0 Å². The number of furan rings is 1. The van der Waals surface area contributed by atoms with Crippen molar-refractivity contribution in [3.05, 3.63) is 24.2 Å². The van der Waals surface area contributed by atoms with Gasteiger partial charge in [-0.2, -0.15) is 0 Å². The Morgan fingerprint density at radius 1 is 1.20 bits per heavy atom. The van der Waals surface area contributed by atoms with E-state index in [1.54, 1.807) is 12.1 Å². The average Bonchev–Trinajstić information content (AvgIpc) is 2.98. The Bertz CT molecular complexity index is 392. The minimum Gasteiger partial charge on any atom is -0.467 e. The van der Waals surface area contributed by atoms with Crippen LogP contribution >= 0.6 is 0 Å². The van der Waals surface area contributed by atoms with Crippen LogP contribution in [0.1, 0.15) is 11.9 Å². The smallest absolute Gasteiger partial charge is 0.186 e. The Hall–Kier alpha value is -1.00. The highest BCUT2D eigenvalue weighted by atomic mass is 16.7. The van der Waals surface area contributed by atoms with E-state index in [-0.39, 0.29) is 12.4 Å². The molecule has 8 nitrogen and oxygen atoms in total. The molecule has 1 saturated heterocycles. The van der Waals surface area contributed by atoms with Gasteiger partial charge in [-0.1, -0.05) is 0 Å². The maximum absolute atomic E-state index is 9.75. The first-order chi connectivity index (χ1) is 9.54. The largest absolute Gasteiger partial charge is 0.467 e. The molecule has 0 saturated carbocycles. The summed E-state index contributed by atoms with van der Waals surface area (Å²) in [5, 5.41) is 47.6. The molecule has 6 atom stereocenters. The molecule has 1 fully saturated rings. The molecule has 5 N–H and O–H groups in total. The van der Waals surface area contributed by atoms with Gasteiger partial charge in [-0.25, -0.2) is 0 Å². The van der Waals surface area contributed by atoms with Crippen LogP contribution in [0.5, 0.6) is 0 Å². The second-order valence-electron chi connectivity index (χ2n) is 4.56. The fraction of sp³-hybridized carbons (Fsp3) is 0.667. The first-order valence-electron chi connectivity index (χ1n) is 6.18. The standard InChI is InChI=1S/C12H18O8/c13-4-8-9(15)10(16)11(17)12(20-8)19-5-6(14)7-2-1-3-18-7/h1-3,6,8-17H,4-5H2/t6?,8-,9-,10+,11-,12?/m1/s1. The van der Waals surface area contributed by atoms with Gasteiger partial charge in [0.05, 0.1) is 19.5 Å². The van der Waals surface area contributed by atoms with Gasteiger partial charge in [0.15, 0.2) is 6.29 Å². The molecule has 1 aromatic heterocycles. The lowest BCUT2D eigenvalue weighted by Crippen LogP contribution is -2.59. The van der Waals surface area contributed by atoms with Crippen LogP contribution in [0.2, 0.25) is 0 Å².